The third-order valence-corrected chi connectivity index (χ3v) is 2.16. The van der Waals surface area contributed by atoms with Gasteiger partial charge < -0.3 is 10.1 Å². The highest BCUT2D eigenvalue weighted by molar-refractivity contribution is 5.60. The first-order chi connectivity index (χ1) is 6.79. The van der Waals surface area contributed by atoms with Gasteiger partial charge >= 0.3 is 0 Å². The second kappa shape index (κ2) is 3.64. The van der Waals surface area contributed by atoms with Crippen LogP contribution in [0, 0.1) is 0 Å². The summed E-state index contributed by atoms with van der Waals surface area (Å²) in [7, 11) is 0. The number of nitrogens with one attached hydrogen (secondary N) is 1. The van der Waals surface area contributed by atoms with Crippen molar-refractivity contribution in [3.8, 4) is 11.4 Å². The number of nitrogens with zero attached hydrogens (tertiary/aromatic N) is 1. The van der Waals surface area contributed by atoms with Crippen LogP contribution in [0.3, 0.4) is 0 Å². The Kier molecular flexibility index (Phi) is 2.33. The maximum absolute atomic E-state index is 9.56. The van der Waals surface area contributed by atoms with E-state index in [2.05, 4.69) is 9.97 Å². The van der Waals surface area contributed by atoms with Gasteiger partial charge in [-0.25, -0.2) is 4.98 Å². The number of imidazole rings is 1. The number of H-pyrrole nitrogens is 1. The molecule has 0 radical (unpaired) electrons. The molecule has 0 saturated carbocycles. The Bertz CT molecular complexity index is 407. The molecule has 0 fully saturated rings. The number of benzene rings is 1. The average Bonchev–Trinajstić information content (AvgIpc) is 2.70. The molecule has 2 N–H and O–H groups in total. The molecule has 3 heteroatoms. The Morgan fingerprint density at radius 3 is 2.79 bits per heavy atom. The van der Waals surface area contributed by atoms with Crippen LogP contribution in [0.5, 0.6) is 0 Å². The summed E-state index contributed by atoms with van der Waals surface area (Å²) in [4.78, 5) is 7.19. The molecule has 1 unspecified atom stereocenters. The maximum atomic E-state index is 9.56. The zero-order chi connectivity index (χ0) is 9.97. The number of aromatic nitrogens is 2. The molecule has 72 valence electrons. The predicted molar refractivity (Wildman–Crippen MR) is 54.7 cm³/mol. The minimum atomic E-state index is -0.476. The van der Waals surface area contributed by atoms with E-state index in [1.165, 1.54) is 0 Å². The van der Waals surface area contributed by atoms with Crippen molar-refractivity contribution in [2.45, 2.75) is 13.0 Å². The number of rotatable bonds is 2. The number of hydrogen-bond acceptors (Lipinski definition) is 2. The van der Waals surface area contributed by atoms with Crippen molar-refractivity contribution < 1.29 is 5.11 Å². The fourth-order valence-electron chi connectivity index (χ4n) is 1.49. The molecule has 2 aromatic rings. The molecular weight excluding hydrogens is 176 g/mol. The van der Waals surface area contributed by atoms with Gasteiger partial charge in [-0.05, 0) is 12.5 Å². The van der Waals surface area contributed by atoms with Crippen LogP contribution in [0.25, 0.3) is 11.4 Å². The minimum Gasteiger partial charge on any atom is -0.389 e. The molecule has 0 spiro atoms. The molecule has 0 aliphatic carbocycles. The zero-order valence-corrected chi connectivity index (χ0v) is 7.94. The third kappa shape index (κ3) is 1.54. The van der Waals surface area contributed by atoms with E-state index in [1.54, 1.807) is 19.3 Å². The van der Waals surface area contributed by atoms with Crippen molar-refractivity contribution in [1.82, 2.24) is 9.97 Å². The normalized spacial score (nSPS) is 12.7. The van der Waals surface area contributed by atoms with Crippen LogP contribution in [0.2, 0.25) is 0 Å². The number of hydrogen-bond donors (Lipinski definition) is 2. The lowest BCUT2D eigenvalue weighted by Crippen LogP contribution is -1.95. The van der Waals surface area contributed by atoms with E-state index in [4.69, 9.17) is 0 Å². The SMILES string of the molecule is CC(O)c1ccccc1-c1ncc[nH]1. The summed E-state index contributed by atoms with van der Waals surface area (Å²) in [6, 6.07) is 7.70. The van der Waals surface area contributed by atoms with Crippen molar-refractivity contribution >= 4 is 0 Å². The van der Waals surface area contributed by atoms with Gasteiger partial charge in [-0.2, -0.15) is 0 Å². The Labute approximate surface area is 82.4 Å². The van der Waals surface area contributed by atoms with E-state index in [0.717, 1.165) is 17.0 Å². The van der Waals surface area contributed by atoms with Crippen molar-refractivity contribution in [3.05, 3.63) is 42.2 Å². The topological polar surface area (TPSA) is 48.9 Å². The highest BCUT2D eigenvalue weighted by Gasteiger charge is 2.09. The van der Waals surface area contributed by atoms with Crippen LogP contribution < -0.4 is 0 Å². The van der Waals surface area contributed by atoms with Gasteiger partial charge in [-0.1, -0.05) is 24.3 Å². The molecule has 1 heterocycles. The fraction of sp³-hybridized carbons (Fsp3) is 0.182. The fourth-order valence-corrected chi connectivity index (χ4v) is 1.49. The first-order valence-corrected chi connectivity index (χ1v) is 4.56. The monoisotopic (exact) mass is 188 g/mol. The van der Waals surface area contributed by atoms with E-state index in [-0.39, 0.29) is 0 Å². The molecule has 1 aromatic heterocycles. The second-order valence-electron chi connectivity index (χ2n) is 3.20. The predicted octanol–water partition coefficient (Wildman–Crippen LogP) is 2.13. The summed E-state index contributed by atoms with van der Waals surface area (Å²) in [5.74, 6) is 0.793. The van der Waals surface area contributed by atoms with Crippen LogP contribution in [0.1, 0.15) is 18.6 Å². The average molecular weight is 188 g/mol. The molecule has 14 heavy (non-hydrogen) atoms. The molecule has 3 nitrogen and oxygen atoms in total. The van der Waals surface area contributed by atoms with Crippen LogP contribution in [0.15, 0.2) is 36.7 Å². The third-order valence-electron chi connectivity index (χ3n) is 2.16. The molecule has 2 rings (SSSR count). The molecule has 1 aromatic carbocycles. The van der Waals surface area contributed by atoms with Crippen molar-refractivity contribution in [2.75, 3.05) is 0 Å². The first kappa shape index (κ1) is 8.97. The van der Waals surface area contributed by atoms with Gasteiger partial charge in [0.05, 0.1) is 6.10 Å². The zero-order valence-electron chi connectivity index (χ0n) is 7.94. The molecule has 0 aliphatic heterocycles. The molecular formula is C11H12N2O. The van der Waals surface area contributed by atoms with Gasteiger partial charge in [-0.3, -0.25) is 0 Å². The Morgan fingerprint density at radius 1 is 1.36 bits per heavy atom. The van der Waals surface area contributed by atoms with E-state index in [1.807, 2.05) is 24.3 Å². The highest BCUT2D eigenvalue weighted by Crippen LogP contribution is 2.24. The summed E-state index contributed by atoms with van der Waals surface area (Å²) in [6.45, 7) is 1.75. The summed E-state index contributed by atoms with van der Waals surface area (Å²) < 4.78 is 0. The van der Waals surface area contributed by atoms with E-state index in [9.17, 15) is 5.11 Å². The van der Waals surface area contributed by atoms with Crippen LogP contribution in [-0.2, 0) is 0 Å². The molecule has 0 amide bonds. The lowest BCUT2D eigenvalue weighted by atomic mass is 10.0. The highest BCUT2D eigenvalue weighted by atomic mass is 16.3. The molecule has 0 bridgehead atoms. The van der Waals surface area contributed by atoms with Gasteiger partial charge in [0.1, 0.15) is 5.82 Å². The molecule has 1 atom stereocenters. The van der Waals surface area contributed by atoms with Crippen molar-refractivity contribution in [2.24, 2.45) is 0 Å². The van der Waals surface area contributed by atoms with E-state index < -0.39 is 6.10 Å². The van der Waals surface area contributed by atoms with Gasteiger partial charge in [0.25, 0.3) is 0 Å². The summed E-state index contributed by atoms with van der Waals surface area (Å²) in [6.07, 6.45) is 3.00. The lowest BCUT2D eigenvalue weighted by molar-refractivity contribution is 0.200. The van der Waals surface area contributed by atoms with Gasteiger partial charge in [-0.15, -0.1) is 0 Å². The lowest BCUT2D eigenvalue weighted by Gasteiger charge is -2.09. The molecule has 0 aliphatic rings. The van der Waals surface area contributed by atoms with Crippen LogP contribution >= 0.6 is 0 Å². The summed E-state index contributed by atoms with van der Waals surface area (Å²) in [5.41, 5.74) is 1.84. The standard InChI is InChI=1S/C11H12N2O/c1-8(14)9-4-2-3-5-10(9)11-12-6-7-13-11/h2-8,14H,1H3,(H,12,13). The Morgan fingerprint density at radius 2 is 2.14 bits per heavy atom. The Balaban J connectivity index is 2.53. The number of aliphatic hydroxyl groups is 1. The minimum absolute atomic E-state index is 0.476. The van der Waals surface area contributed by atoms with Gasteiger partial charge in [0.2, 0.25) is 0 Å². The summed E-state index contributed by atoms with van der Waals surface area (Å²) >= 11 is 0. The second-order valence-corrected chi connectivity index (χ2v) is 3.20. The van der Waals surface area contributed by atoms with Crippen LogP contribution in [-0.4, -0.2) is 15.1 Å². The maximum Gasteiger partial charge on any atom is 0.137 e. The van der Waals surface area contributed by atoms with Crippen molar-refractivity contribution in [1.29, 1.82) is 0 Å². The smallest absolute Gasteiger partial charge is 0.137 e. The van der Waals surface area contributed by atoms with Crippen molar-refractivity contribution in [3.63, 3.8) is 0 Å². The van der Waals surface area contributed by atoms with Gasteiger partial charge in [0.15, 0.2) is 0 Å². The summed E-state index contributed by atoms with van der Waals surface area (Å²) in [5, 5.41) is 9.56. The molecule has 0 saturated heterocycles. The number of aromatic amines is 1. The number of aliphatic hydroxyl groups excluding tert-OH is 1. The van der Waals surface area contributed by atoms with Gasteiger partial charge in [0, 0.05) is 18.0 Å². The quantitative estimate of drug-likeness (QED) is 0.758. The largest absolute Gasteiger partial charge is 0.389 e. The van der Waals surface area contributed by atoms with E-state index >= 15 is 0 Å². The first-order valence-electron chi connectivity index (χ1n) is 4.56. The van der Waals surface area contributed by atoms with Crippen LogP contribution in [0.4, 0.5) is 0 Å². The Hall–Kier alpha value is -1.61. The van der Waals surface area contributed by atoms with E-state index in [0.29, 0.717) is 0 Å².